The molecule has 2 amide bonds. The first-order chi connectivity index (χ1) is 17.5. The van der Waals surface area contributed by atoms with Crippen LogP contribution < -0.4 is 10.3 Å². The highest BCUT2D eigenvalue weighted by Gasteiger charge is 2.36. The molecule has 2 heterocycles. The maximum absolute atomic E-state index is 13.2. The number of nitrogens with one attached hydrogen (secondary N) is 1. The van der Waals surface area contributed by atoms with Crippen molar-refractivity contribution in [2.75, 3.05) is 26.7 Å². The molecule has 1 aromatic heterocycles. The number of carbonyl (C=O) groups is 3. The third-order valence-corrected chi connectivity index (χ3v) is 5.92. The Kier molecular flexibility index (Phi) is 9.04. The van der Waals surface area contributed by atoms with E-state index < -0.39 is 40.7 Å². The maximum atomic E-state index is 13.2. The summed E-state index contributed by atoms with van der Waals surface area (Å²) in [6.45, 7) is 5.44. The molecular weight excluding hydrogens is 480 g/mol. The van der Waals surface area contributed by atoms with E-state index in [0.29, 0.717) is 25.8 Å². The second-order valence-corrected chi connectivity index (χ2v) is 9.97. The number of carbonyl (C=O) groups excluding carboxylic acids is 3. The van der Waals surface area contributed by atoms with Crippen LogP contribution in [-0.2, 0) is 16.1 Å². The van der Waals surface area contributed by atoms with Gasteiger partial charge < -0.3 is 24.5 Å². The predicted octanol–water partition coefficient (Wildman–Crippen LogP) is 2.65. The van der Waals surface area contributed by atoms with Gasteiger partial charge in [0.15, 0.2) is 5.69 Å². The van der Waals surface area contributed by atoms with Crippen molar-refractivity contribution < 1.29 is 29.0 Å². The molecule has 1 aromatic carbocycles. The zero-order chi connectivity index (χ0) is 27.2. The minimum absolute atomic E-state index is 0.0912. The van der Waals surface area contributed by atoms with Gasteiger partial charge in [0.05, 0.1) is 11.5 Å². The Morgan fingerprint density at radius 2 is 1.92 bits per heavy atom. The number of benzene rings is 1. The van der Waals surface area contributed by atoms with Crippen LogP contribution in [0.4, 0.5) is 4.79 Å². The number of likely N-dealkylation sites (tertiary alicyclic amines) is 1. The van der Waals surface area contributed by atoms with Gasteiger partial charge in [0, 0.05) is 26.7 Å². The van der Waals surface area contributed by atoms with Crippen LogP contribution in [0.5, 0.6) is 5.75 Å². The number of aromatic nitrogens is 2. The molecular formula is C26H34N4O7. The average Bonchev–Trinajstić information content (AvgIpc) is 3.36. The van der Waals surface area contributed by atoms with E-state index in [0.717, 1.165) is 5.56 Å². The topological polar surface area (TPSA) is 142 Å². The highest BCUT2D eigenvalue weighted by atomic mass is 16.6. The number of hydrogen-bond acceptors (Lipinski definition) is 8. The van der Waals surface area contributed by atoms with Gasteiger partial charge in [0.1, 0.15) is 12.4 Å². The largest absolute Gasteiger partial charge is 0.445 e. The van der Waals surface area contributed by atoms with Crippen molar-refractivity contribution in [1.82, 2.24) is 19.8 Å². The number of esters is 1. The van der Waals surface area contributed by atoms with Gasteiger partial charge in [-0.2, -0.15) is 4.98 Å². The minimum atomic E-state index is -0.932. The van der Waals surface area contributed by atoms with E-state index in [4.69, 9.17) is 14.6 Å². The molecule has 11 heteroatoms. The lowest BCUT2D eigenvalue weighted by atomic mass is 9.97. The molecule has 1 aliphatic rings. The number of aromatic amines is 1. The van der Waals surface area contributed by atoms with Gasteiger partial charge in [-0.1, -0.05) is 30.3 Å². The molecule has 2 N–H and O–H groups in total. The molecule has 0 aliphatic carbocycles. The first-order valence-corrected chi connectivity index (χ1v) is 12.2. The number of nitrogens with zero attached hydrogens (tertiary/aromatic N) is 3. The molecule has 1 atom stereocenters. The van der Waals surface area contributed by atoms with Crippen molar-refractivity contribution in [2.24, 2.45) is 5.41 Å². The third kappa shape index (κ3) is 6.94. The van der Waals surface area contributed by atoms with Crippen molar-refractivity contribution >= 4 is 18.0 Å². The fraction of sp³-hybridized carbons (Fsp3) is 0.500. The third-order valence-electron chi connectivity index (χ3n) is 5.92. The highest BCUT2D eigenvalue weighted by Crippen LogP contribution is 2.31. The van der Waals surface area contributed by atoms with E-state index in [2.05, 4.69) is 9.97 Å². The summed E-state index contributed by atoms with van der Waals surface area (Å²) in [4.78, 5) is 61.4. The van der Waals surface area contributed by atoms with Gasteiger partial charge in [-0.3, -0.25) is 19.3 Å². The van der Waals surface area contributed by atoms with Gasteiger partial charge >= 0.3 is 17.6 Å². The van der Waals surface area contributed by atoms with Crippen LogP contribution in [0.2, 0.25) is 0 Å². The molecule has 0 saturated carbocycles. The second-order valence-electron chi connectivity index (χ2n) is 9.97. The van der Waals surface area contributed by atoms with Crippen LogP contribution in [0.3, 0.4) is 0 Å². The van der Waals surface area contributed by atoms with Crippen LogP contribution in [0.1, 0.15) is 68.0 Å². The van der Waals surface area contributed by atoms with E-state index in [1.807, 2.05) is 30.3 Å². The molecule has 1 aliphatic heterocycles. The Bertz CT molecular complexity index is 1170. The number of hydrogen-bond donors (Lipinski definition) is 2. The Morgan fingerprint density at radius 3 is 2.57 bits per heavy atom. The minimum Gasteiger partial charge on any atom is -0.445 e. The van der Waals surface area contributed by atoms with Crippen molar-refractivity contribution in [3.8, 4) is 5.75 Å². The highest BCUT2D eigenvalue weighted by molar-refractivity contribution is 5.95. The van der Waals surface area contributed by atoms with Crippen molar-refractivity contribution in [3.63, 3.8) is 0 Å². The van der Waals surface area contributed by atoms with Crippen LogP contribution >= 0.6 is 0 Å². The Balaban J connectivity index is 1.92. The zero-order valence-corrected chi connectivity index (χ0v) is 21.7. The zero-order valence-electron chi connectivity index (χ0n) is 21.7. The molecule has 0 unspecified atom stereocenters. The second kappa shape index (κ2) is 12.0. The van der Waals surface area contributed by atoms with E-state index in [1.165, 1.54) is 16.8 Å². The van der Waals surface area contributed by atoms with Gasteiger partial charge in [0.25, 0.3) is 5.91 Å². The summed E-state index contributed by atoms with van der Waals surface area (Å²) in [5.74, 6) is -1.71. The molecule has 3 rings (SSSR count). The normalized spacial score (nSPS) is 15.4. The van der Waals surface area contributed by atoms with Crippen LogP contribution in [0.25, 0.3) is 0 Å². The molecule has 11 nitrogen and oxygen atoms in total. The molecule has 1 saturated heterocycles. The summed E-state index contributed by atoms with van der Waals surface area (Å²) in [5.41, 5.74) is -1.23. The van der Waals surface area contributed by atoms with Gasteiger partial charge in [-0.15, -0.1) is 0 Å². The molecule has 0 bridgehead atoms. The van der Waals surface area contributed by atoms with Gasteiger partial charge in [0.2, 0.25) is 5.75 Å². The van der Waals surface area contributed by atoms with Crippen molar-refractivity contribution in [3.05, 3.63) is 57.8 Å². The number of aliphatic hydroxyl groups is 1. The van der Waals surface area contributed by atoms with Gasteiger partial charge in [-0.05, 0) is 45.6 Å². The quantitative estimate of drug-likeness (QED) is 0.512. The molecule has 200 valence electrons. The Hall–Kier alpha value is -3.73. The Labute approximate surface area is 215 Å². The van der Waals surface area contributed by atoms with Gasteiger partial charge in [-0.25, -0.2) is 4.79 Å². The maximum Gasteiger partial charge on any atom is 0.410 e. The SMILES string of the molecule is CN(CCCO)C(=O)c1[nH]c([C@@H]2CCCN2C(=O)OCc2ccccc2)nc(=O)c1OC(=O)C(C)(C)C. The molecule has 2 aromatic rings. The predicted molar refractivity (Wildman–Crippen MR) is 134 cm³/mol. The number of H-pyrrole nitrogens is 1. The summed E-state index contributed by atoms with van der Waals surface area (Å²) in [6, 6.07) is 8.62. The van der Waals surface area contributed by atoms with Crippen LogP contribution in [0, 0.1) is 5.41 Å². The van der Waals surface area contributed by atoms with Crippen molar-refractivity contribution in [2.45, 2.75) is 52.7 Å². The summed E-state index contributed by atoms with van der Waals surface area (Å²) in [7, 11) is 1.51. The molecule has 1 fully saturated rings. The fourth-order valence-electron chi connectivity index (χ4n) is 3.80. The molecule has 0 spiro atoms. The lowest BCUT2D eigenvalue weighted by Gasteiger charge is -2.25. The van der Waals surface area contributed by atoms with E-state index in [1.54, 1.807) is 20.8 Å². The number of rotatable bonds is 8. The lowest BCUT2D eigenvalue weighted by Crippen LogP contribution is -2.36. The molecule has 37 heavy (non-hydrogen) atoms. The Morgan fingerprint density at radius 1 is 1.22 bits per heavy atom. The molecule has 0 radical (unpaired) electrons. The first kappa shape index (κ1) is 27.9. The van der Waals surface area contributed by atoms with Crippen molar-refractivity contribution in [1.29, 1.82) is 0 Å². The number of amides is 2. The first-order valence-electron chi connectivity index (χ1n) is 12.2. The smallest absolute Gasteiger partial charge is 0.410 e. The summed E-state index contributed by atoms with van der Waals surface area (Å²) < 4.78 is 10.8. The number of aliphatic hydroxyl groups excluding tert-OH is 1. The van der Waals surface area contributed by atoms with E-state index in [9.17, 15) is 19.2 Å². The monoisotopic (exact) mass is 514 g/mol. The van der Waals surface area contributed by atoms with Crippen LogP contribution in [-0.4, -0.2) is 69.6 Å². The van der Waals surface area contributed by atoms with E-state index in [-0.39, 0.29) is 31.3 Å². The number of ether oxygens (including phenoxy) is 2. The lowest BCUT2D eigenvalue weighted by molar-refractivity contribution is -0.143. The summed E-state index contributed by atoms with van der Waals surface area (Å²) in [5, 5.41) is 9.14. The standard InChI is InChI=1S/C26H34N4O7/c1-26(2,3)24(34)37-20-19(23(33)29(4)13-9-15-31)27-21(28-22(20)32)18-12-8-14-30(18)25(35)36-16-17-10-6-5-7-11-17/h5-7,10-11,18,31H,8-9,12-16H2,1-4H3,(H,27,28,32)/t18-/m0/s1. The summed E-state index contributed by atoms with van der Waals surface area (Å²) >= 11 is 0. The average molecular weight is 515 g/mol. The fourth-order valence-corrected chi connectivity index (χ4v) is 3.80. The summed E-state index contributed by atoms with van der Waals surface area (Å²) in [6.07, 6.45) is 0.907. The van der Waals surface area contributed by atoms with Crippen LogP contribution in [0.15, 0.2) is 35.1 Å². The van der Waals surface area contributed by atoms with E-state index >= 15 is 0 Å².